The molecule has 26 rings (SSSR count). The highest BCUT2D eigenvalue weighted by atomic mass is 16.3. The summed E-state index contributed by atoms with van der Waals surface area (Å²) in [5.41, 5.74) is 41.0. The van der Waals surface area contributed by atoms with Gasteiger partial charge in [-0.05, 0) is 239 Å². The van der Waals surface area contributed by atoms with E-state index in [1.54, 1.807) is 0 Å². The fourth-order valence-electron chi connectivity index (χ4n) is 22.1. The van der Waals surface area contributed by atoms with E-state index >= 15 is 0 Å². The molecule has 4 heterocycles. The lowest BCUT2D eigenvalue weighted by Crippen LogP contribution is -2.36. The standard InChI is InChI=1S/C122H78N4O2/c1-4-29-79(30-5-1)81-59-65-87(66-60-81)123(90-71-73-96-94-35-10-15-42-103(94)121(109(96)77-90)105-44-17-22-49-112(105)125(85-31-6-2-7-32-85)113-50-23-18-45-106(113)121)88-69-63-84(64-70-88)93-76-75-92(118-102-39-14-27-54-117(102)128-120(93)118)83-57-55-80(56-58-83)82-61-67-89(68-62-82)124(111-48-21-12-37-98(111)100-40-28-41-101-99-38-13-26-53-116(99)127-119(100)101)91-72-74-97-95-36-11-16-43-104(95)122(110(97)78-91)107-46-19-24-51-114(107)126(86-33-8-3-9-34-86)115-52-25-20-47-108(115)122/h1-78H. The molecule has 0 bridgehead atoms. The average molecular weight is 1630 g/mol. The third kappa shape index (κ3) is 10.9. The van der Waals surface area contributed by atoms with E-state index < -0.39 is 10.8 Å². The predicted octanol–water partition coefficient (Wildman–Crippen LogP) is 33.1. The van der Waals surface area contributed by atoms with E-state index in [-0.39, 0.29) is 0 Å². The van der Waals surface area contributed by atoms with Crippen LogP contribution in [0.5, 0.6) is 0 Å². The van der Waals surface area contributed by atoms with E-state index in [4.69, 9.17) is 8.83 Å². The Kier molecular flexibility index (Phi) is 16.4. The van der Waals surface area contributed by atoms with E-state index in [1.807, 2.05) is 0 Å². The van der Waals surface area contributed by atoms with Gasteiger partial charge < -0.3 is 28.4 Å². The first-order valence-corrected chi connectivity index (χ1v) is 44.1. The Morgan fingerprint density at radius 1 is 0.188 bits per heavy atom. The maximum absolute atomic E-state index is 7.11. The van der Waals surface area contributed by atoms with E-state index in [2.05, 4.69) is 493 Å². The molecule has 22 aromatic rings. The lowest BCUT2D eigenvalue weighted by atomic mass is 9.64. The van der Waals surface area contributed by atoms with Crippen molar-refractivity contribution >= 4 is 112 Å². The number of nitrogens with zero attached hydrogens (tertiary/aromatic N) is 4. The third-order valence-corrected chi connectivity index (χ3v) is 27.5. The molecule has 0 amide bonds. The van der Waals surface area contributed by atoms with Crippen molar-refractivity contribution in [3.63, 3.8) is 0 Å². The topological polar surface area (TPSA) is 39.2 Å². The number of benzene rings is 20. The van der Waals surface area contributed by atoms with Crippen LogP contribution in [0, 0.1) is 0 Å². The minimum atomic E-state index is -0.674. The number of rotatable bonds is 13. The molecule has 20 aromatic carbocycles. The normalized spacial score (nSPS) is 13.2. The molecule has 2 aliphatic carbocycles. The minimum absolute atomic E-state index is 0.641. The van der Waals surface area contributed by atoms with Crippen LogP contribution in [0.15, 0.2) is 482 Å². The SMILES string of the molecule is c1ccc(-c2ccc(N(c3ccc(-c4ccc(-c5ccc(-c6ccc(N(c7ccc8c(c7)C7(c9ccccc9-8)c8ccccc8N(c8ccccc8)c8ccccc87)c7ccccc7-c7cccc8c7oc7ccccc78)cc6)cc5)c5c4oc4ccccc45)cc3)c3ccc4c(c3)C3(c5ccccc5-4)c4ccccc4N(c4ccccc4)c4ccccc43)cc2)cc1. The number of anilines is 12. The molecule has 2 spiro atoms. The van der Waals surface area contributed by atoms with Gasteiger partial charge in [0, 0.05) is 78.0 Å². The molecule has 0 saturated carbocycles. The zero-order chi connectivity index (χ0) is 84.1. The van der Waals surface area contributed by atoms with Gasteiger partial charge in [0.25, 0.3) is 0 Å². The fraction of sp³-hybridized carbons (Fsp3) is 0.0164. The first-order chi connectivity index (χ1) is 63.5. The molecule has 0 fully saturated rings. The first kappa shape index (κ1) is 72.8. The highest BCUT2D eigenvalue weighted by Gasteiger charge is 2.54. The number of furan rings is 2. The van der Waals surface area contributed by atoms with Crippen LogP contribution >= 0.6 is 0 Å². The molecule has 0 radical (unpaired) electrons. The second-order valence-electron chi connectivity index (χ2n) is 34.0. The zero-order valence-corrected chi connectivity index (χ0v) is 69.6. The van der Waals surface area contributed by atoms with E-state index in [0.717, 1.165) is 162 Å². The van der Waals surface area contributed by atoms with Crippen LogP contribution in [-0.2, 0) is 10.8 Å². The van der Waals surface area contributed by atoms with Crippen LogP contribution < -0.4 is 19.6 Å². The van der Waals surface area contributed by atoms with Gasteiger partial charge in [0.1, 0.15) is 22.3 Å². The van der Waals surface area contributed by atoms with Crippen LogP contribution in [-0.4, -0.2) is 0 Å². The summed E-state index contributed by atoms with van der Waals surface area (Å²) in [5.74, 6) is 0. The van der Waals surface area contributed by atoms with Crippen molar-refractivity contribution in [3.8, 4) is 77.9 Å². The summed E-state index contributed by atoms with van der Waals surface area (Å²) >= 11 is 0. The van der Waals surface area contributed by atoms with Gasteiger partial charge in [-0.15, -0.1) is 0 Å². The van der Waals surface area contributed by atoms with Gasteiger partial charge in [-0.3, -0.25) is 0 Å². The molecular weight excluding hydrogens is 1550 g/mol. The average Bonchev–Trinajstić information content (AvgIpc) is 1.49. The highest BCUT2D eigenvalue weighted by molar-refractivity contribution is 6.17. The monoisotopic (exact) mass is 1630 g/mol. The number of para-hydroxylation sites is 10. The van der Waals surface area contributed by atoms with Crippen LogP contribution in [0.4, 0.5) is 68.2 Å². The summed E-state index contributed by atoms with van der Waals surface area (Å²) < 4.78 is 14.0. The maximum Gasteiger partial charge on any atom is 0.143 e. The Hall–Kier alpha value is -16.8. The highest BCUT2D eigenvalue weighted by Crippen LogP contribution is 2.67. The zero-order valence-electron chi connectivity index (χ0n) is 69.6. The van der Waals surface area contributed by atoms with Gasteiger partial charge in [-0.2, -0.15) is 0 Å². The van der Waals surface area contributed by atoms with Crippen LogP contribution in [0.25, 0.3) is 122 Å². The Bertz CT molecular complexity index is 8100. The van der Waals surface area contributed by atoms with Crippen molar-refractivity contribution in [1.29, 1.82) is 0 Å². The van der Waals surface area contributed by atoms with E-state index in [1.165, 1.54) is 72.3 Å². The van der Waals surface area contributed by atoms with Crippen molar-refractivity contribution in [1.82, 2.24) is 0 Å². The predicted molar refractivity (Wildman–Crippen MR) is 529 cm³/mol. The molecule has 2 aliphatic heterocycles. The van der Waals surface area contributed by atoms with E-state index in [0.29, 0.717) is 0 Å². The number of hydrogen-bond donors (Lipinski definition) is 0. The summed E-state index contributed by atoms with van der Waals surface area (Å²) in [5, 5.41) is 4.33. The molecular formula is C122H78N4O2. The summed E-state index contributed by atoms with van der Waals surface area (Å²) in [4.78, 5) is 9.80. The van der Waals surface area contributed by atoms with Gasteiger partial charge in [-0.1, -0.05) is 340 Å². The van der Waals surface area contributed by atoms with Crippen LogP contribution in [0.2, 0.25) is 0 Å². The van der Waals surface area contributed by atoms with Crippen molar-refractivity contribution in [2.45, 2.75) is 10.8 Å². The number of hydrogen-bond acceptors (Lipinski definition) is 6. The summed E-state index contributed by atoms with van der Waals surface area (Å²) in [7, 11) is 0. The molecule has 0 atom stereocenters. The maximum atomic E-state index is 7.11. The third-order valence-electron chi connectivity index (χ3n) is 27.5. The fourth-order valence-corrected chi connectivity index (χ4v) is 22.1. The second-order valence-corrected chi connectivity index (χ2v) is 34.0. The van der Waals surface area contributed by atoms with Crippen molar-refractivity contribution < 1.29 is 8.83 Å². The van der Waals surface area contributed by atoms with Crippen LogP contribution in [0.3, 0.4) is 0 Å². The van der Waals surface area contributed by atoms with E-state index in [9.17, 15) is 0 Å². The minimum Gasteiger partial charge on any atom is -0.455 e. The molecule has 6 nitrogen and oxygen atoms in total. The second kappa shape index (κ2) is 28.9. The summed E-state index contributed by atoms with van der Waals surface area (Å²) in [6.07, 6.45) is 0. The Balaban J connectivity index is 0.571. The molecule has 0 saturated heterocycles. The first-order valence-electron chi connectivity index (χ1n) is 44.1. The largest absolute Gasteiger partial charge is 0.455 e. The molecule has 6 heteroatoms. The number of fused-ring (bicyclic) bond motifs is 24. The Morgan fingerprint density at radius 3 is 1.04 bits per heavy atom. The van der Waals surface area contributed by atoms with Gasteiger partial charge in [0.15, 0.2) is 0 Å². The lowest BCUT2D eigenvalue weighted by molar-refractivity contribution is 0.669. The lowest BCUT2D eigenvalue weighted by Gasteiger charge is -2.45. The smallest absolute Gasteiger partial charge is 0.143 e. The van der Waals surface area contributed by atoms with Crippen molar-refractivity contribution in [2.24, 2.45) is 0 Å². The van der Waals surface area contributed by atoms with Crippen LogP contribution in [0.1, 0.15) is 44.5 Å². The molecule has 2 aromatic heterocycles. The quantitative estimate of drug-likeness (QED) is 0.115. The Morgan fingerprint density at radius 2 is 0.516 bits per heavy atom. The Labute approximate surface area is 741 Å². The van der Waals surface area contributed by atoms with Crippen molar-refractivity contribution in [2.75, 3.05) is 19.6 Å². The van der Waals surface area contributed by atoms with Gasteiger partial charge >= 0.3 is 0 Å². The summed E-state index contributed by atoms with van der Waals surface area (Å²) in [6.45, 7) is 0. The van der Waals surface area contributed by atoms with Crippen molar-refractivity contribution in [3.05, 3.63) is 518 Å². The molecule has 598 valence electrons. The molecule has 128 heavy (non-hydrogen) atoms. The molecule has 0 unspecified atom stereocenters. The summed E-state index contributed by atoms with van der Waals surface area (Å²) in [6, 6.07) is 174. The molecule has 0 N–H and O–H groups in total. The van der Waals surface area contributed by atoms with Gasteiger partial charge in [-0.25, -0.2) is 0 Å². The molecule has 4 aliphatic rings. The van der Waals surface area contributed by atoms with Gasteiger partial charge in [0.2, 0.25) is 0 Å². The van der Waals surface area contributed by atoms with Gasteiger partial charge in [0.05, 0.1) is 39.3 Å².